The zero-order valence-electron chi connectivity index (χ0n) is 8.60. The molecule has 0 aromatic heterocycles. The number of aliphatic hydroxyl groups is 1. The van der Waals surface area contributed by atoms with Crippen LogP contribution in [-0.2, 0) is 5.72 Å². The zero-order chi connectivity index (χ0) is 11.1. The molecule has 1 aromatic rings. The van der Waals surface area contributed by atoms with Crippen LogP contribution in [0.25, 0.3) is 0 Å². The second kappa shape index (κ2) is 3.21. The molecule has 1 aliphatic heterocycles. The van der Waals surface area contributed by atoms with Crippen LogP contribution < -0.4 is 0 Å². The van der Waals surface area contributed by atoms with Crippen LogP contribution in [0.4, 0.5) is 0 Å². The second-order valence-electron chi connectivity index (χ2n) is 3.53. The lowest BCUT2D eigenvalue weighted by Crippen LogP contribution is -2.41. The number of hydrogen-bond acceptors (Lipinski definition) is 2. The molecular formula is C12H13NO2. The Morgan fingerprint density at radius 3 is 2.80 bits per heavy atom. The molecular weight excluding hydrogens is 190 g/mol. The number of carbonyl (C=O) groups is 1. The maximum absolute atomic E-state index is 11.9. The number of amides is 1. The first kappa shape index (κ1) is 9.93. The first-order valence-electron chi connectivity index (χ1n) is 4.92. The van der Waals surface area contributed by atoms with Gasteiger partial charge in [-0.15, -0.1) is 0 Å². The lowest BCUT2D eigenvalue weighted by molar-refractivity contribution is -0.0408. The Bertz CT molecular complexity index is 427. The standard InChI is InChI=1S/C12H13NO2/c1-3-12(15)10-8-6-5-7-9(10)11(14)13(12)4-2/h3,5-8,15H,1,4H2,2H3. The number of fused-ring (bicyclic) bond motifs is 1. The van der Waals surface area contributed by atoms with Gasteiger partial charge in [-0.05, 0) is 19.1 Å². The number of nitrogens with zero attached hydrogens (tertiary/aromatic N) is 1. The van der Waals surface area contributed by atoms with Crippen molar-refractivity contribution in [3.8, 4) is 0 Å². The third kappa shape index (κ3) is 1.13. The second-order valence-corrected chi connectivity index (χ2v) is 3.53. The number of carbonyl (C=O) groups excluding carboxylic acids is 1. The number of benzene rings is 1. The monoisotopic (exact) mass is 203 g/mol. The lowest BCUT2D eigenvalue weighted by atomic mass is 10.0. The van der Waals surface area contributed by atoms with Crippen molar-refractivity contribution in [2.75, 3.05) is 6.54 Å². The average Bonchev–Trinajstić information content (AvgIpc) is 2.50. The summed E-state index contributed by atoms with van der Waals surface area (Å²) >= 11 is 0. The van der Waals surface area contributed by atoms with Gasteiger partial charge in [-0.1, -0.05) is 24.8 Å². The molecule has 0 aliphatic carbocycles. The van der Waals surface area contributed by atoms with E-state index in [1.165, 1.54) is 11.0 Å². The molecule has 78 valence electrons. The number of hydrogen-bond donors (Lipinski definition) is 1. The minimum Gasteiger partial charge on any atom is -0.363 e. The van der Waals surface area contributed by atoms with E-state index in [2.05, 4.69) is 6.58 Å². The fourth-order valence-electron chi connectivity index (χ4n) is 2.04. The highest BCUT2D eigenvalue weighted by molar-refractivity contribution is 6.00. The number of rotatable bonds is 2. The van der Waals surface area contributed by atoms with E-state index >= 15 is 0 Å². The molecule has 0 spiro atoms. The summed E-state index contributed by atoms with van der Waals surface area (Å²) in [5.41, 5.74) is -0.170. The molecule has 1 amide bonds. The Kier molecular flexibility index (Phi) is 2.12. The van der Waals surface area contributed by atoms with Crippen molar-refractivity contribution in [2.45, 2.75) is 12.6 Å². The molecule has 1 heterocycles. The Labute approximate surface area is 88.6 Å². The maximum Gasteiger partial charge on any atom is 0.257 e. The summed E-state index contributed by atoms with van der Waals surface area (Å²) in [4.78, 5) is 13.3. The predicted octanol–water partition coefficient (Wildman–Crippen LogP) is 1.49. The minimum absolute atomic E-state index is 0.143. The molecule has 0 saturated heterocycles. The van der Waals surface area contributed by atoms with Crippen LogP contribution in [-0.4, -0.2) is 22.5 Å². The van der Waals surface area contributed by atoms with E-state index in [0.717, 1.165) is 0 Å². The number of likely N-dealkylation sites (N-methyl/N-ethyl adjacent to an activating group) is 1. The summed E-state index contributed by atoms with van der Waals surface area (Å²) in [6, 6.07) is 7.07. The van der Waals surface area contributed by atoms with Gasteiger partial charge in [0.25, 0.3) is 5.91 Å². The average molecular weight is 203 g/mol. The predicted molar refractivity (Wildman–Crippen MR) is 57.2 cm³/mol. The molecule has 1 atom stereocenters. The summed E-state index contributed by atoms with van der Waals surface area (Å²) in [6.45, 7) is 5.89. The fraction of sp³-hybridized carbons (Fsp3) is 0.250. The van der Waals surface area contributed by atoms with Gasteiger partial charge in [-0.3, -0.25) is 4.79 Å². The van der Waals surface area contributed by atoms with E-state index < -0.39 is 5.72 Å². The van der Waals surface area contributed by atoms with Crippen molar-refractivity contribution in [3.05, 3.63) is 48.0 Å². The summed E-state index contributed by atoms with van der Waals surface area (Å²) in [5.74, 6) is -0.143. The smallest absolute Gasteiger partial charge is 0.257 e. The van der Waals surface area contributed by atoms with Gasteiger partial charge < -0.3 is 10.0 Å². The molecule has 3 nitrogen and oxygen atoms in total. The van der Waals surface area contributed by atoms with Crippen molar-refractivity contribution >= 4 is 5.91 Å². The van der Waals surface area contributed by atoms with Gasteiger partial charge in [0.15, 0.2) is 5.72 Å². The van der Waals surface area contributed by atoms with E-state index in [0.29, 0.717) is 17.7 Å². The SMILES string of the molecule is C=CC1(O)c2ccccc2C(=O)N1CC. The molecule has 2 rings (SSSR count). The fourth-order valence-corrected chi connectivity index (χ4v) is 2.04. The van der Waals surface area contributed by atoms with Gasteiger partial charge in [0.1, 0.15) is 0 Å². The van der Waals surface area contributed by atoms with Crippen molar-refractivity contribution in [3.63, 3.8) is 0 Å². The highest BCUT2D eigenvalue weighted by Crippen LogP contribution is 2.37. The third-order valence-electron chi connectivity index (χ3n) is 2.81. The maximum atomic E-state index is 11.9. The first-order valence-corrected chi connectivity index (χ1v) is 4.92. The van der Waals surface area contributed by atoms with Gasteiger partial charge in [0.05, 0.1) is 0 Å². The lowest BCUT2D eigenvalue weighted by Gasteiger charge is -2.30. The molecule has 0 saturated carbocycles. The molecule has 0 fully saturated rings. The summed E-state index contributed by atoms with van der Waals surface area (Å²) in [5, 5.41) is 10.4. The summed E-state index contributed by atoms with van der Waals surface area (Å²) in [7, 11) is 0. The zero-order valence-corrected chi connectivity index (χ0v) is 8.60. The van der Waals surface area contributed by atoms with Gasteiger partial charge in [0, 0.05) is 17.7 Å². The quantitative estimate of drug-likeness (QED) is 0.740. The van der Waals surface area contributed by atoms with E-state index in [-0.39, 0.29) is 5.91 Å². The largest absolute Gasteiger partial charge is 0.363 e. The van der Waals surface area contributed by atoms with Gasteiger partial charge in [-0.25, -0.2) is 0 Å². The van der Waals surface area contributed by atoms with Crippen LogP contribution in [0.15, 0.2) is 36.9 Å². The Morgan fingerprint density at radius 1 is 1.53 bits per heavy atom. The van der Waals surface area contributed by atoms with Crippen molar-refractivity contribution in [1.29, 1.82) is 0 Å². The van der Waals surface area contributed by atoms with Crippen LogP contribution in [0.3, 0.4) is 0 Å². The Balaban J connectivity index is 2.66. The van der Waals surface area contributed by atoms with Crippen LogP contribution in [0.1, 0.15) is 22.8 Å². The molecule has 3 heteroatoms. The van der Waals surface area contributed by atoms with Crippen LogP contribution in [0, 0.1) is 0 Å². The first-order chi connectivity index (χ1) is 7.15. The van der Waals surface area contributed by atoms with E-state index in [1.54, 1.807) is 24.3 Å². The molecule has 0 radical (unpaired) electrons. The molecule has 15 heavy (non-hydrogen) atoms. The van der Waals surface area contributed by atoms with Crippen molar-refractivity contribution in [1.82, 2.24) is 4.90 Å². The third-order valence-corrected chi connectivity index (χ3v) is 2.81. The highest BCUT2D eigenvalue weighted by atomic mass is 16.3. The van der Waals surface area contributed by atoms with Crippen molar-refractivity contribution in [2.24, 2.45) is 0 Å². The molecule has 1 aliphatic rings. The molecule has 1 aromatic carbocycles. The van der Waals surface area contributed by atoms with E-state index in [4.69, 9.17) is 0 Å². The van der Waals surface area contributed by atoms with E-state index in [1.807, 2.05) is 6.92 Å². The minimum atomic E-state index is -1.34. The summed E-state index contributed by atoms with van der Waals surface area (Å²) in [6.07, 6.45) is 1.40. The van der Waals surface area contributed by atoms with Gasteiger partial charge >= 0.3 is 0 Å². The topological polar surface area (TPSA) is 40.5 Å². The molecule has 1 N–H and O–H groups in total. The normalized spacial score (nSPS) is 24.1. The molecule has 0 bridgehead atoms. The van der Waals surface area contributed by atoms with Crippen molar-refractivity contribution < 1.29 is 9.90 Å². The van der Waals surface area contributed by atoms with Crippen LogP contribution in [0.2, 0.25) is 0 Å². The van der Waals surface area contributed by atoms with Crippen LogP contribution >= 0.6 is 0 Å². The highest BCUT2D eigenvalue weighted by Gasteiger charge is 2.45. The summed E-state index contributed by atoms with van der Waals surface area (Å²) < 4.78 is 0. The van der Waals surface area contributed by atoms with E-state index in [9.17, 15) is 9.90 Å². The van der Waals surface area contributed by atoms with Gasteiger partial charge in [-0.2, -0.15) is 0 Å². The van der Waals surface area contributed by atoms with Gasteiger partial charge in [0.2, 0.25) is 0 Å². The molecule has 1 unspecified atom stereocenters. The Hall–Kier alpha value is -1.61. The Morgan fingerprint density at radius 2 is 2.20 bits per heavy atom. The van der Waals surface area contributed by atoms with Crippen LogP contribution in [0.5, 0.6) is 0 Å².